The molecule has 4 heteroatoms. The van der Waals surface area contributed by atoms with Crippen molar-refractivity contribution in [3.05, 3.63) is 89.6 Å². The Balaban J connectivity index is 1.83. The Labute approximate surface area is 139 Å². The summed E-state index contributed by atoms with van der Waals surface area (Å²) < 4.78 is 0. The predicted octanol–water partition coefficient (Wildman–Crippen LogP) is 3.27. The fraction of sp³-hybridized carbons (Fsp3) is 0. The number of amides is 1. The number of carbonyl (C=O) groups is 1. The SMILES string of the molecule is O=C(NO)c1ccnc(-c2ccc(C#Cc3ccccc3)cc2)c1. The van der Waals surface area contributed by atoms with Gasteiger partial charge in [-0.05, 0) is 36.4 Å². The zero-order valence-corrected chi connectivity index (χ0v) is 12.7. The highest BCUT2D eigenvalue weighted by molar-refractivity contribution is 5.94. The number of hydroxylamine groups is 1. The number of benzene rings is 2. The van der Waals surface area contributed by atoms with E-state index in [9.17, 15) is 4.79 Å². The third-order valence-corrected chi connectivity index (χ3v) is 3.43. The van der Waals surface area contributed by atoms with Crippen molar-refractivity contribution < 1.29 is 10.0 Å². The smallest absolute Gasteiger partial charge is 0.274 e. The van der Waals surface area contributed by atoms with E-state index >= 15 is 0 Å². The van der Waals surface area contributed by atoms with E-state index in [1.807, 2.05) is 54.6 Å². The van der Waals surface area contributed by atoms with Gasteiger partial charge < -0.3 is 0 Å². The standard InChI is InChI=1S/C20H14N2O2/c23-20(22-24)18-12-13-21-19(14-18)17-10-8-16(9-11-17)7-6-15-4-2-1-3-5-15/h1-5,8-14,24H,(H,22,23). The molecule has 0 spiro atoms. The number of aromatic nitrogens is 1. The van der Waals surface area contributed by atoms with Crippen LogP contribution in [0.5, 0.6) is 0 Å². The summed E-state index contributed by atoms with van der Waals surface area (Å²) >= 11 is 0. The van der Waals surface area contributed by atoms with Gasteiger partial charge in [-0.3, -0.25) is 15.0 Å². The van der Waals surface area contributed by atoms with Gasteiger partial charge in [0, 0.05) is 28.5 Å². The van der Waals surface area contributed by atoms with Crippen LogP contribution in [0.2, 0.25) is 0 Å². The van der Waals surface area contributed by atoms with E-state index in [0.717, 1.165) is 16.7 Å². The normalized spacial score (nSPS) is 9.71. The summed E-state index contributed by atoms with van der Waals surface area (Å²) in [5, 5.41) is 8.70. The fourth-order valence-corrected chi connectivity index (χ4v) is 2.18. The highest BCUT2D eigenvalue weighted by Gasteiger charge is 2.06. The number of hydrogen-bond donors (Lipinski definition) is 2. The van der Waals surface area contributed by atoms with Crippen molar-refractivity contribution in [2.75, 3.05) is 0 Å². The van der Waals surface area contributed by atoms with Crippen molar-refractivity contribution in [1.29, 1.82) is 0 Å². The van der Waals surface area contributed by atoms with Crippen LogP contribution in [0.15, 0.2) is 72.9 Å². The first-order chi connectivity index (χ1) is 11.8. The monoisotopic (exact) mass is 314 g/mol. The molecule has 116 valence electrons. The molecular weight excluding hydrogens is 300 g/mol. The Morgan fingerprint density at radius 1 is 0.917 bits per heavy atom. The largest absolute Gasteiger partial charge is 0.288 e. The van der Waals surface area contributed by atoms with E-state index in [2.05, 4.69) is 16.8 Å². The molecule has 1 aromatic heterocycles. The molecule has 0 aliphatic carbocycles. The molecule has 0 atom stereocenters. The van der Waals surface area contributed by atoms with Crippen LogP contribution < -0.4 is 5.48 Å². The Hall–Kier alpha value is -3.42. The average molecular weight is 314 g/mol. The molecule has 3 rings (SSSR count). The molecular formula is C20H14N2O2. The van der Waals surface area contributed by atoms with Crippen LogP contribution in [0, 0.1) is 11.8 Å². The Morgan fingerprint density at radius 3 is 2.25 bits per heavy atom. The lowest BCUT2D eigenvalue weighted by atomic mass is 10.1. The molecule has 2 aromatic carbocycles. The summed E-state index contributed by atoms with van der Waals surface area (Å²) in [6.45, 7) is 0. The third-order valence-electron chi connectivity index (χ3n) is 3.43. The maximum Gasteiger partial charge on any atom is 0.274 e. The number of pyridine rings is 1. The molecule has 0 unspecified atom stereocenters. The fourth-order valence-electron chi connectivity index (χ4n) is 2.18. The summed E-state index contributed by atoms with van der Waals surface area (Å²) in [7, 11) is 0. The second-order valence-corrected chi connectivity index (χ2v) is 5.06. The van der Waals surface area contributed by atoms with Gasteiger partial charge in [0.2, 0.25) is 0 Å². The van der Waals surface area contributed by atoms with Gasteiger partial charge in [-0.25, -0.2) is 5.48 Å². The molecule has 0 aliphatic rings. The molecule has 0 fully saturated rings. The summed E-state index contributed by atoms with van der Waals surface area (Å²) in [6.07, 6.45) is 1.53. The highest BCUT2D eigenvalue weighted by Crippen LogP contribution is 2.18. The van der Waals surface area contributed by atoms with Gasteiger partial charge in [0.25, 0.3) is 5.91 Å². The highest BCUT2D eigenvalue weighted by atomic mass is 16.5. The molecule has 0 radical (unpaired) electrons. The minimum atomic E-state index is -0.566. The molecule has 4 nitrogen and oxygen atoms in total. The third kappa shape index (κ3) is 3.67. The van der Waals surface area contributed by atoms with E-state index < -0.39 is 5.91 Å². The quantitative estimate of drug-likeness (QED) is 0.433. The lowest BCUT2D eigenvalue weighted by molar-refractivity contribution is 0.0706. The van der Waals surface area contributed by atoms with Crippen molar-refractivity contribution in [3.63, 3.8) is 0 Å². The van der Waals surface area contributed by atoms with Crippen LogP contribution in [0.4, 0.5) is 0 Å². The molecule has 1 heterocycles. The van der Waals surface area contributed by atoms with E-state index in [-0.39, 0.29) is 0 Å². The van der Waals surface area contributed by atoms with Gasteiger partial charge in [-0.15, -0.1) is 0 Å². The molecule has 2 N–H and O–H groups in total. The summed E-state index contributed by atoms with van der Waals surface area (Å²) in [4.78, 5) is 15.7. The van der Waals surface area contributed by atoms with Crippen molar-refractivity contribution in [1.82, 2.24) is 10.5 Å². The van der Waals surface area contributed by atoms with E-state index in [1.54, 1.807) is 11.5 Å². The zero-order chi connectivity index (χ0) is 16.8. The summed E-state index contributed by atoms with van der Waals surface area (Å²) in [5.41, 5.74) is 5.34. The van der Waals surface area contributed by atoms with Crippen molar-refractivity contribution in [3.8, 4) is 23.1 Å². The van der Waals surface area contributed by atoms with Crippen LogP contribution in [0.25, 0.3) is 11.3 Å². The van der Waals surface area contributed by atoms with Gasteiger partial charge in [-0.1, -0.05) is 42.2 Å². The molecule has 0 saturated heterocycles. The number of rotatable bonds is 2. The Bertz CT molecular complexity index is 908. The number of nitrogens with zero attached hydrogens (tertiary/aromatic N) is 1. The van der Waals surface area contributed by atoms with Gasteiger partial charge in [0.05, 0.1) is 5.69 Å². The number of hydrogen-bond acceptors (Lipinski definition) is 3. The minimum Gasteiger partial charge on any atom is -0.288 e. The van der Waals surface area contributed by atoms with Crippen molar-refractivity contribution in [2.45, 2.75) is 0 Å². The first kappa shape index (κ1) is 15.5. The van der Waals surface area contributed by atoms with Crippen LogP contribution in [-0.2, 0) is 0 Å². The van der Waals surface area contributed by atoms with Crippen molar-refractivity contribution in [2.24, 2.45) is 0 Å². The van der Waals surface area contributed by atoms with Crippen LogP contribution in [0.3, 0.4) is 0 Å². The topological polar surface area (TPSA) is 62.2 Å². The summed E-state index contributed by atoms with van der Waals surface area (Å²) in [5.74, 6) is 5.65. The molecule has 0 aliphatic heterocycles. The lowest BCUT2D eigenvalue weighted by Crippen LogP contribution is -2.18. The second kappa shape index (κ2) is 7.23. The maximum atomic E-state index is 11.5. The van der Waals surface area contributed by atoms with Gasteiger partial charge in [0.1, 0.15) is 0 Å². The molecule has 3 aromatic rings. The average Bonchev–Trinajstić information content (AvgIpc) is 2.67. The molecule has 1 amide bonds. The lowest BCUT2D eigenvalue weighted by Gasteiger charge is -2.03. The van der Waals surface area contributed by atoms with Gasteiger partial charge >= 0.3 is 0 Å². The van der Waals surface area contributed by atoms with E-state index in [4.69, 9.17) is 5.21 Å². The zero-order valence-electron chi connectivity index (χ0n) is 12.7. The van der Waals surface area contributed by atoms with Crippen molar-refractivity contribution >= 4 is 5.91 Å². The number of carbonyl (C=O) groups excluding carboxylic acids is 1. The van der Waals surface area contributed by atoms with Crippen LogP contribution in [-0.4, -0.2) is 16.1 Å². The van der Waals surface area contributed by atoms with E-state index in [0.29, 0.717) is 11.3 Å². The Kier molecular flexibility index (Phi) is 4.66. The van der Waals surface area contributed by atoms with Gasteiger partial charge in [0.15, 0.2) is 0 Å². The summed E-state index contributed by atoms with van der Waals surface area (Å²) in [6, 6.07) is 20.6. The molecule has 0 saturated carbocycles. The van der Waals surface area contributed by atoms with Crippen LogP contribution >= 0.6 is 0 Å². The second-order valence-electron chi connectivity index (χ2n) is 5.06. The minimum absolute atomic E-state index is 0.343. The number of nitrogens with one attached hydrogen (secondary N) is 1. The van der Waals surface area contributed by atoms with E-state index in [1.165, 1.54) is 12.3 Å². The van der Waals surface area contributed by atoms with Crippen LogP contribution in [0.1, 0.15) is 21.5 Å². The first-order valence-electron chi connectivity index (χ1n) is 7.34. The first-order valence-corrected chi connectivity index (χ1v) is 7.34. The van der Waals surface area contributed by atoms with Gasteiger partial charge in [-0.2, -0.15) is 0 Å². The maximum absolute atomic E-state index is 11.5. The molecule has 24 heavy (non-hydrogen) atoms. The Morgan fingerprint density at radius 2 is 1.58 bits per heavy atom. The predicted molar refractivity (Wildman–Crippen MR) is 91.3 cm³/mol. The molecule has 0 bridgehead atoms.